The van der Waals surface area contributed by atoms with E-state index < -0.39 is 29.6 Å². The number of hydrogen-bond donors (Lipinski definition) is 0. The van der Waals surface area contributed by atoms with E-state index in [-0.39, 0.29) is 41.0 Å². The molecule has 3 fully saturated rings. The van der Waals surface area contributed by atoms with Crippen LogP contribution in [-0.4, -0.2) is 42.0 Å². The molecule has 0 aliphatic heterocycles. The third-order valence-electron chi connectivity index (χ3n) is 8.76. The fourth-order valence-corrected chi connectivity index (χ4v) is 7.37. The highest BCUT2D eigenvalue weighted by molar-refractivity contribution is 5.94. The summed E-state index contributed by atoms with van der Waals surface area (Å²) in [7, 11) is 0. The minimum absolute atomic E-state index is 0.0248. The summed E-state index contributed by atoms with van der Waals surface area (Å²) in [6.45, 7) is 8.48. The maximum Gasteiger partial charge on any atom is 0.303 e. The van der Waals surface area contributed by atoms with Crippen molar-refractivity contribution in [3.8, 4) is 0 Å². The number of ketones is 1. The van der Waals surface area contributed by atoms with Gasteiger partial charge in [-0.3, -0.25) is 19.2 Å². The van der Waals surface area contributed by atoms with Gasteiger partial charge in [-0.1, -0.05) is 19.4 Å². The molecular weight excluding hydrogens is 412 g/mol. The van der Waals surface area contributed by atoms with Crippen molar-refractivity contribution >= 4 is 23.7 Å². The Balaban J connectivity index is 1.66. The minimum atomic E-state index is -0.541. The molecule has 0 amide bonds. The van der Waals surface area contributed by atoms with Gasteiger partial charge in [0, 0.05) is 38.5 Å². The molecule has 8 atom stereocenters. The third kappa shape index (κ3) is 3.67. The molecule has 3 saturated carbocycles. The Kier molecular flexibility index (Phi) is 5.74. The fourth-order valence-electron chi connectivity index (χ4n) is 7.37. The molecule has 6 unspecified atom stereocenters. The average Bonchev–Trinajstić information content (AvgIpc) is 2.93. The van der Waals surface area contributed by atoms with Gasteiger partial charge in [0.2, 0.25) is 0 Å². The summed E-state index contributed by atoms with van der Waals surface area (Å²) in [6.07, 6.45) is 5.00. The molecule has 7 nitrogen and oxygen atoms in total. The average molecular weight is 447 g/mol. The molecule has 0 heterocycles. The Morgan fingerprint density at radius 2 is 1.56 bits per heavy atom. The summed E-state index contributed by atoms with van der Waals surface area (Å²) >= 11 is 0. The number of carbonyl (C=O) groups is 4. The van der Waals surface area contributed by atoms with E-state index in [9.17, 15) is 19.2 Å². The zero-order valence-electron chi connectivity index (χ0n) is 19.6. The summed E-state index contributed by atoms with van der Waals surface area (Å²) in [5.41, 5.74) is 0.558. The van der Waals surface area contributed by atoms with Crippen LogP contribution < -0.4 is 0 Å². The molecule has 0 aromatic rings. The summed E-state index contributed by atoms with van der Waals surface area (Å²) < 4.78 is 16.7. The number of carbonyl (C=O) groups excluding carboxylic acids is 4. The van der Waals surface area contributed by atoms with Crippen molar-refractivity contribution in [1.82, 2.24) is 0 Å². The fraction of sp³-hybridized carbons (Fsp3) is 0.760. The molecule has 0 bridgehead atoms. The van der Waals surface area contributed by atoms with Crippen LogP contribution in [0.2, 0.25) is 0 Å². The maximum absolute atomic E-state index is 13.5. The first kappa shape index (κ1) is 23.0. The quantitative estimate of drug-likeness (QED) is 0.483. The van der Waals surface area contributed by atoms with Crippen molar-refractivity contribution in [2.75, 3.05) is 0 Å². The van der Waals surface area contributed by atoms with Crippen molar-refractivity contribution in [3.05, 3.63) is 11.6 Å². The highest BCUT2D eigenvalue weighted by Crippen LogP contribution is 2.65. The van der Waals surface area contributed by atoms with Crippen LogP contribution in [0.1, 0.15) is 73.1 Å². The van der Waals surface area contributed by atoms with Gasteiger partial charge >= 0.3 is 17.9 Å². The van der Waals surface area contributed by atoms with Crippen LogP contribution in [0.4, 0.5) is 0 Å². The summed E-state index contributed by atoms with van der Waals surface area (Å²) in [6, 6.07) is 0. The first-order valence-corrected chi connectivity index (χ1v) is 11.7. The molecule has 0 saturated heterocycles. The van der Waals surface area contributed by atoms with Crippen molar-refractivity contribution in [3.63, 3.8) is 0 Å². The van der Waals surface area contributed by atoms with E-state index in [0.717, 1.165) is 31.3 Å². The van der Waals surface area contributed by atoms with E-state index in [0.29, 0.717) is 12.8 Å². The van der Waals surface area contributed by atoms with E-state index in [1.807, 2.05) is 0 Å². The maximum atomic E-state index is 13.5. The highest BCUT2D eigenvalue weighted by Gasteiger charge is 2.65. The van der Waals surface area contributed by atoms with Gasteiger partial charge in [-0.2, -0.15) is 0 Å². The number of hydrogen-bond acceptors (Lipinski definition) is 7. The number of allylic oxidation sites excluding steroid dienone is 1. The second-order valence-corrected chi connectivity index (χ2v) is 10.7. The molecule has 7 heteroatoms. The Morgan fingerprint density at radius 3 is 2.19 bits per heavy atom. The molecule has 0 aromatic carbocycles. The molecule has 4 aliphatic rings. The topological polar surface area (TPSA) is 96.0 Å². The van der Waals surface area contributed by atoms with Crippen LogP contribution in [0.5, 0.6) is 0 Å². The van der Waals surface area contributed by atoms with Gasteiger partial charge < -0.3 is 14.2 Å². The van der Waals surface area contributed by atoms with Crippen LogP contribution >= 0.6 is 0 Å². The summed E-state index contributed by atoms with van der Waals surface area (Å²) in [5, 5.41) is 0. The molecule has 4 rings (SSSR count). The second-order valence-electron chi connectivity index (χ2n) is 10.7. The van der Waals surface area contributed by atoms with Gasteiger partial charge in [0.25, 0.3) is 0 Å². The van der Waals surface area contributed by atoms with E-state index in [1.54, 1.807) is 6.08 Å². The van der Waals surface area contributed by atoms with Crippen LogP contribution in [0.3, 0.4) is 0 Å². The molecule has 0 N–H and O–H groups in total. The molecular formula is C25H34O7. The number of ether oxygens (including phenoxy) is 3. The first-order valence-electron chi connectivity index (χ1n) is 11.7. The third-order valence-corrected chi connectivity index (χ3v) is 8.76. The second kappa shape index (κ2) is 7.99. The van der Waals surface area contributed by atoms with E-state index >= 15 is 0 Å². The van der Waals surface area contributed by atoms with Gasteiger partial charge in [0.05, 0.1) is 0 Å². The predicted octanol–water partition coefficient (Wildman–Crippen LogP) is 3.53. The smallest absolute Gasteiger partial charge is 0.303 e. The van der Waals surface area contributed by atoms with E-state index in [2.05, 4.69) is 13.8 Å². The number of fused-ring (bicyclic) bond motifs is 5. The first-order chi connectivity index (χ1) is 15.0. The van der Waals surface area contributed by atoms with Crippen LogP contribution in [0, 0.1) is 28.6 Å². The number of esters is 3. The van der Waals surface area contributed by atoms with Crippen LogP contribution in [-0.2, 0) is 33.4 Å². The van der Waals surface area contributed by atoms with Crippen molar-refractivity contribution in [1.29, 1.82) is 0 Å². The molecule has 32 heavy (non-hydrogen) atoms. The van der Waals surface area contributed by atoms with Crippen LogP contribution in [0.25, 0.3) is 0 Å². The summed E-state index contributed by atoms with van der Waals surface area (Å²) in [4.78, 5) is 48.6. The SMILES string of the molecule is CC(=O)OC1[C@H](OC(C)=O)CC2C3C(=O)C=C4C[C@H](OC(C)=O)CCC4(C)C3CCC21C. The van der Waals surface area contributed by atoms with Crippen molar-refractivity contribution in [2.45, 2.75) is 91.5 Å². The Bertz CT molecular complexity index is 876. The van der Waals surface area contributed by atoms with E-state index in [4.69, 9.17) is 14.2 Å². The van der Waals surface area contributed by atoms with Gasteiger partial charge in [-0.05, 0) is 55.4 Å². The van der Waals surface area contributed by atoms with Crippen LogP contribution in [0.15, 0.2) is 11.6 Å². The Morgan fingerprint density at radius 1 is 0.906 bits per heavy atom. The predicted molar refractivity (Wildman–Crippen MR) is 114 cm³/mol. The normalized spacial score (nSPS) is 42.7. The molecule has 0 spiro atoms. The van der Waals surface area contributed by atoms with Crippen molar-refractivity contribution < 1.29 is 33.4 Å². The lowest BCUT2D eigenvalue weighted by Gasteiger charge is -2.56. The van der Waals surface area contributed by atoms with Gasteiger partial charge in [-0.25, -0.2) is 0 Å². The standard InChI is InChI=1S/C25H34O7/c1-13(26)30-17-6-8-24(4)16(10-17)11-20(29)22-18(24)7-9-25(5)19(22)12-21(31-14(2)27)23(25)32-15(3)28/h11,17-19,21-23H,6-10,12H2,1-5H3/t17-,18?,19?,21-,22?,23?,24?,25?/m1/s1. The van der Waals surface area contributed by atoms with E-state index in [1.165, 1.54) is 20.8 Å². The van der Waals surface area contributed by atoms with Gasteiger partial charge in [-0.15, -0.1) is 0 Å². The lowest BCUT2D eigenvalue weighted by molar-refractivity contribution is -0.172. The largest absolute Gasteiger partial charge is 0.462 e. The monoisotopic (exact) mass is 446 g/mol. The Hall–Kier alpha value is -2.18. The van der Waals surface area contributed by atoms with Gasteiger partial charge in [0.1, 0.15) is 18.3 Å². The zero-order valence-corrected chi connectivity index (χ0v) is 19.6. The lowest BCUT2D eigenvalue weighted by atomic mass is 9.47. The number of rotatable bonds is 3. The Labute approximate surface area is 189 Å². The molecule has 0 aromatic heterocycles. The van der Waals surface area contributed by atoms with Crippen molar-refractivity contribution in [2.24, 2.45) is 28.6 Å². The highest BCUT2D eigenvalue weighted by atomic mass is 16.6. The molecule has 0 radical (unpaired) electrons. The minimum Gasteiger partial charge on any atom is -0.462 e. The summed E-state index contributed by atoms with van der Waals surface area (Å²) in [5.74, 6) is -1.02. The zero-order chi connectivity index (χ0) is 23.4. The van der Waals surface area contributed by atoms with Gasteiger partial charge in [0.15, 0.2) is 5.78 Å². The molecule has 4 aliphatic carbocycles. The molecule has 176 valence electrons. The lowest BCUT2D eigenvalue weighted by Crippen LogP contribution is -2.54.